The molecule has 0 radical (unpaired) electrons. The van der Waals surface area contributed by atoms with Crippen LogP contribution in [0, 0.1) is 11.8 Å². The summed E-state index contributed by atoms with van der Waals surface area (Å²) in [5, 5.41) is 5.52. The standard InChI is InChI=1S/C19H25N3/c1-12(13(2)19(20-4)14(3)15-6-7-15)16-8-9-17-11-21-22(5)18(17)10-16/h8-11,14-15H,6-7H2,1-5H3/b13-12-,20-19?. The average Bonchev–Trinajstić information content (AvgIpc) is 3.31. The molecule has 2 aromatic rings. The van der Waals surface area contributed by atoms with Crippen LogP contribution in [-0.2, 0) is 7.05 Å². The summed E-state index contributed by atoms with van der Waals surface area (Å²) in [6.45, 7) is 6.74. The molecule has 3 heteroatoms. The lowest BCUT2D eigenvalue weighted by molar-refractivity contribution is 0.664. The fraction of sp³-hybridized carbons (Fsp3) is 0.474. The van der Waals surface area contributed by atoms with E-state index in [2.05, 4.69) is 49.1 Å². The molecule has 1 saturated carbocycles. The zero-order valence-electron chi connectivity index (χ0n) is 14.2. The van der Waals surface area contributed by atoms with Crippen LogP contribution in [0.25, 0.3) is 16.5 Å². The molecule has 1 aliphatic rings. The molecule has 1 aromatic heterocycles. The zero-order valence-corrected chi connectivity index (χ0v) is 14.2. The van der Waals surface area contributed by atoms with Gasteiger partial charge in [-0.2, -0.15) is 5.10 Å². The first-order valence-electron chi connectivity index (χ1n) is 8.09. The van der Waals surface area contributed by atoms with Gasteiger partial charge in [-0.25, -0.2) is 0 Å². The van der Waals surface area contributed by atoms with E-state index in [1.165, 1.54) is 46.2 Å². The number of aromatic nitrogens is 2. The Labute approximate surface area is 132 Å². The van der Waals surface area contributed by atoms with Crippen LogP contribution < -0.4 is 0 Å². The summed E-state index contributed by atoms with van der Waals surface area (Å²) >= 11 is 0. The third kappa shape index (κ3) is 2.60. The summed E-state index contributed by atoms with van der Waals surface area (Å²) < 4.78 is 1.93. The second-order valence-electron chi connectivity index (χ2n) is 6.53. The predicted molar refractivity (Wildman–Crippen MR) is 94.2 cm³/mol. The van der Waals surface area contributed by atoms with Gasteiger partial charge in [-0.1, -0.05) is 19.1 Å². The fourth-order valence-corrected chi connectivity index (χ4v) is 3.32. The number of aliphatic imine (C=N–C) groups is 1. The molecule has 1 aromatic carbocycles. The molecule has 0 N–H and O–H groups in total. The Hall–Kier alpha value is -1.90. The molecule has 0 saturated heterocycles. The monoisotopic (exact) mass is 295 g/mol. The maximum Gasteiger partial charge on any atom is 0.0685 e. The van der Waals surface area contributed by atoms with Gasteiger partial charge in [-0.3, -0.25) is 9.67 Å². The van der Waals surface area contributed by atoms with Crippen molar-refractivity contribution in [3.05, 3.63) is 35.5 Å². The number of fused-ring (bicyclic) bond motifs is 1. The molecule has 0 aliphatic heterocycles. The van der Waals surface area contributed by atoms with Crippen molar-refractivity contribution in [1.82, 2.24) is 9.78 Å². The zero-order chi connectivity index (χ0) is 15.9. The van der Waals surface area contributed by atoms with E-state index in [4.69, 9.17) is 0 Å². The minimum atomic E-state index is 0.570. The molecule has 1 atom stereocenters. The van der Waals surface area contributed by atoms with Gasteiger partial charge in [0.25, 0.3) is 0 Å². The van der Waals surface area contributed by atoms with Crippen LogP contribution in [0.4, 0.5) is 0 Å². The Morgan fingerprint density at radius 3 is 2.68 bits per heavy atom. The minimum Gasteiger partial charge on any atom is -0.293 e. The van der Waals surface area contributed by atoms with E-state index < -0.39 is 0 Å². The molecule has 116 valence electrons. The van der Waals surface area contributed by atoms with Crippen LogP contribution in [0.15, 0.2) is 35.0 Å². The van der Waals surface area contributed by atoms with E-state index >= 15 is 0 Å². The number of rotatable bonds is 4. The first-order valence-corrected chi connectivity index (χ1v) is 8.09. The highest BCUT2D eigenvalue weighted by molar-refractivity contribution is 6.07. The third-order valence-electron chi connectivity index (χ3n) is 5.13. The maximum atomic E-state index is 4.61. The minimum absolute atomic E-state index is 0.570. The van der Waals surface area contributed by atoms with Gasteiger partial charge in [0.1, 0.15) is 0 Å². The summed E-state index contributed by atoms with van der Waals surface area (Å²) in [6, 6.07) is 6.58. The molecule has 22 heavy (non-hydrogen) atoms. The molecular formula is C19H25N3. The lowest BCUT2D eigenvalue weighted by atomic mass is 9.90. The highest BCUT2D eigenvalue weighted by Crippen LogP contribution is 2.39. The summed E-state index contributed by atoms with van der Waals surface area (Å²) in [7, 11) is 3.92. The maximum absolute atomic E-state index is 4.61. The van der Waals surface area contributed by atoms with Crippen LogP contribution in [0.3, 0.4) is 0 Å². The second kappa shape index (κ2) is 5.71. The second-order valence-corrected chi connectivity index (χ2v) is 6.53. The first kappa shape index (κ1) is 15.0. The van der Waals surface area contributed by atoms with E-state index in [1.54, 1.807) is 0 Å². The highest BCUT2D eigenvalue weighted by Gasteiger charge is 2.31. The van der Waals surface area contributed by atoms with Gasteiger partial charge >= 0.3 is 0 Å². The Morgan fingerprint density at radius 1 is 1.32 bits per heavy atom. The molecule has 3 nitrogen and oxygen atoms in total. The lowest BCUT2D eigenvalue weighted by Gasteiger charge is -2.17. The normalized spacial score (nSPS) is 18.5. The van der Waals surface area contributed by atoms with E-state index in [9.17, 15) is 0 Å². The van der Waals surface area contributed by atoms with Crippen molar-refractivity contribution in [2.24, 2.45) is 23.9 Å². The SMILES string of the molecule is CN=C(/C(C)=C(/C)c1ccc2cnn(C)c2c1)C(C)C1CC1. The van der Waals surface area contributed by atoms with E-state index in [0.29, 0.717) is 5.92 Å². The van der Waals surface area contributed by atoms with Gasteiger partial charge in [0.05, 0.1) is 11.7 Å². The Bertz CT molecular complexity index is 760. The predicted octanol–water partition coefficient (Wildman–Crippen LogP) is 4.48. The van der Waals surface area contributed by atoms with Crippen molar-refractivity contribution in [3.8, 4) is 0 Å². The topological polar surface area (TPSA) is 30.2 Å². The van der Waals surface area contributed by atoms with Gasteiger partial charge in [0.2, 0.25) is 0 Å². The van der Waals surface area contributed by atoms with Gasteiger partial charge in [-0.15, -0.1) is 0 Å². The summed E-state index contributed by atoms with van der Waals surface area (Å²) in [5.41, 5.74) is 6.34. The Morgan fingerprint density at radius 2 is 2.05 bits per heavy atom. The summed E-state index contributed by atoms with van der Waals surface area (Å²) in [6.07, 6.45) is 4.63. The molecule has 0 spiro atoms. The third-order valence-corrected chi connectivity index (χ3v) is 5.13. The van der Waals surface area contributed by atoms with Crippen molar-refractivity contribution in [3.63, 3.8) is 0 Å². The Kier molecular flexibility index (Phi) is 3.90. The van der Waals surface area contributed by atoms with Gasteiger partial charge in [0, 0.05) is 31.1 Å². The molecule has 1 aliphatic carbocycles. The van der Waals surface area contributed by atoms with Crippen LogP contribution in [0.1, 0.15) is 39.2 Å². The molecule has 1 unspecified atom stereocenters. The largest absolute Gasteiger partial charge is 0.293 e. The number of hydrogen-bond acceptors (Lipinski definition) is 2. The molecule has 0 bridgehead atoms. The number of nitrogens with zero attached hydrogens (tertiary/aromatic N) is 3. The molecule has 3 rings (SSSR count). The van der Waals surface area contributed by atoms with Crippen molar-refractivity contribution in [2.45, 2.75) is 33.6 Å². The first-order chi connectivity index (χ1) is 10.5. The molecule has 1 heterocycles. The van der Waals surface area contributed by atoms with Crippen molar-refractivity contribution in [1.29, 1.82) is 0 Å². The molecule has 1 fully saturated rings. The number of allylic oxidation sites excluding steroid dienone is 2. The fourth-order valence-electron chi connectivity index (χ4n) is 3.32. The quantitative estimate of drug-likeness (QED) is 0.765. The highest BCUT2D eigenvalue weighted by atomic mass is 15.2. The van der Waals surface area contributed by atoms with Gasteiger partial charge in [0.15, 0.2) is 0 Å². The summed E-state index contributed by atoms with van der Waals surface area (Å²) in [4.78, 5) is 4.61. The van der Waals surface area contributed by atoms with Crippen molar-refractivity contribution >= 4 is 22.2 Å². The van der Waals surface area contributed by atoms with E-state index in [0.717, 1.165) is 5.92 Å². The Balaban J connectivity index is 2.01. The van der Waals surface area contributed by atoms with Crippen molar-refractivity contribution < 1.29 is 0 Å². The van der Waals surface area contributed by atoms with Crippen LogP contribution in [-0.4, -0.2) is 22.5 Å². The van der Waals surface area contributed by atoms with Crippen LogP contribution in [0.2, 0.25) is 0 Å². The van der Waals surface area contributed by atoms with Crippen LogP contribution in [0.5, 0.6) is 0 Å². The van der Waals surface area contributed by atoms with E-state index in [1.807, 2.05) is 25.0 Å². The molecule has 0 amide bonds. The number of hydrogen-bond donors (Lipinski definition) is 0. The average molecular weight is 295 g/mol. The van der Waals surface area contributed by atoms with Gasteiger partial charge in [-0.05, 0) is 55.4 Å². The number of aryl methyl sites for hydroxylation is 1. The smallest absolute Gasteiger partial charge is 0.0685 e. The van der Waals surface area contributed by atoms with Crippen LogP contribution >= 0.6 is 0 Å². The number of benzene rings is 1. The van der Waals surface area contributed by atoms with E-state index in [-0.39, 0.29) is 0 Å². The van der Waals surface area contributed by atoms with Gasteiger partial charge < -0.3 is 0 Å². The summed E-state index contributed by atoms with van der Waals surface area (Å²) in [5.74, 6) is 1.40. The van der Waals surface area contributed by atoms with Crippen molar-refractivity contribution in [2.75, 3.05) is 7.05 Å². The molecular weight excluding hydrogens is 270 g/mol. The lowest BCUT2D eigenvalue weighted by Crippen LogP contribution is -2.15.